The van der Waals surface area contributed by atoms with Crippen LogP contribution in [0.25, 0.3) is 0 Å². The SMILES string of the molecule is CCCCCCCCC(C)c1ccc(CBr)c(C(C)CCCCCCCC)c1C(C)CCCCCCCC. The molecule has 38 heavy (non-hydrogen) atoms. The van der Waals surface area contributed by atoms with Crippen molar-refractivity contribution in [1.29, 1.82) is 0 Å². The number of alkyl halides is 1. The van der Waals surface area contributed by atoms with Crippen molar-refractivity contribution < 1.29 is 0 Å². The highest BCUT2D eigenvalue weighted by molar-refractivity contribution is 9.08. The van der Waals surface area contributed by atoms with Crippen molar-refractivity contribution in [2.75, 3.05) is 0 Å². The fraction of sp³-hybridized carbons (Fsp3) is 0.838. The molecule has 0 spiro atoms. The standard InChI is InChI=1S/C37H67Br/c1-7-10-13-16-19-22-25-31(4)35-29-28-34(30-38)36(32(5)26-23-20-17-14-11-8-2)37(35)33(6)27-24-21-18-15-12-9-3/h28-29,31-33H,7-27,30H2,1-6H3. The topological polar surface area (TPSA) is 0 Å². The van der Waals surface area contributed by atoms with Crippen molar-refractivity contribution in [3.05, 3.63) is 34.4 Å². The molecule has 0 saturated heterocycles. The highest BCUT2D eigenvalue weighted by atomic mass is 79.9. The first kappa shape index (κ1) is 35.7. The Morgan fingerprint density at radius 1 is 0.474 bits per heavy atom. The van der Waals surface area contributed by atoms with E-state index in [1.807, 2.05) is 0 Å². The quantitative estimate of drug-likeness (QED) is 0.0784. The summed E-state index contributed by atoms with van der Waals surface area (Å²) in [5.74, 6) is 2.01. The van der Waals surface area contributed by atoms with Gasteiger partial charge in [0.2, 0.25) is 0 Å². The van der Waals surface area contributed by atoms with Gasteiger partial charge in [-0.25, -0.2) is 0 Å². The number of benzene rings is 1. The Hall–Kier alpha value is -0.300. The third kappa shape index (κ3) is 14.4. The van der Waals surface area contributed by atoms with Gasteiger partial charge in [0.1, 0.15) is 0 Å². The van der Waals surface area contributed by atoms with Crippen molar-refractivity contribution in [3.63, 3.8) is 0 Å². The van der Waals surface area contributed by atoms with E-state index in [-0.39, 0.29) is 0 Å². The van der Waals surface area contributed by atoms with E-state index in [1.165, 1.54) is 135 Å². The molecule has 0 amide bonds. The molecule has 0 aliphatic rings. The lowest BCUT2D eigenvalue weighted by molar-refractivity contribution is 0.525. The van der Waals surface area contributed by atoms with Gasteiger partial charge < -0.3 is 0 Å². The lowest BCUT2D eigenvalue weighted by Crippen LogP contribution is -2.12. The van der Waals surface area contributed by atoms with Gasteiger partial charge in [-0.05, 0) is 59.3 Å². The molecule has 222 valence electrons. The maximum Gasteiger partial charge on any atom is 0.0285 e. The van der Waals surface area contributed by atoms with Crippen molar-refractivity contribution in [3.8, 4) is 0 Å². The molecular weight excluding hydrogens is 524 g/mol. The monoisotopic (exact) mass is 590 g/mol. The molecule has 0 N–H and O–H groups in total. The van der Waals surface area contributed by atoms with Gasteiger partial charge in [0, 0.05) is 5.33 Å². The number of halogens is 1. The van der Waals surface area contributed by atoms with E-state index in [4.69, 9.17) is 0 Å². The zero-order valence-corrected chi connectivity index (χ0v) is 28.4. The Bertz CT molecular complexity index is 678. The number of hydrogen-bond acceptors (Lipinski definition) is 0. The minimum atomic E-state index is 0.664. The molecule has 3 atom stereocenters. The average molecular weight is 592 g/mol. The minimum Gasteiger partial charge on any atom is -0.0876 e. The number of hydrogen-bond donors (Lipinski definition) is 0. The normalized spacial score (nSPS) is 14.1. The van der Waals surface area contributed by atoms with Crippen molar-refractivity contribution in [2.24, 2.45) is 0 Å². The first-order chi connectivity index (χ1) is 18.5. The van der Waals surface area contributed by atoms with Crippen LogP contribution < -0.4 is 0 Å². The number of rotatable bonds is 25. The third-order valence-corrected chi connectivity index (χ3v) is 9.65. The van der Waals surface area contributed by atoms with Gasteiger partial charge in [-0.2, -0.15) is 0 Å². The Kier molecular flexibility index (Phi) is 22.0. The van der Waals surface area contributed by atoms with Gasteiger partial charge >= 0.3 is 0 Å². The molecule has 1 aromatic carbocycles. The molecule has 0 aromatic heterocycles. The van der Waals surface area contributed by atoms with Crippen LogP contribution in [0.1, 0.15) is 216 Å². The zero-order chi connectivity index (χ0) is 28.0. The summed E-state index contributed by atoms with van der Waals surface area (Å²) in [6, 6.07) is 5.02. The summed E-state index contributed by atoms with van der Waals surface area (Å²) in [6.07, 6.45) is 29.2. The Morgan fingerprint density at radius 3 is 1.26 bits per heavy atom. The van der Waals surface area contributed by atoms with Gasteiger partial charge in [0.05, 0.1) is 0 Å². The lowest BCUT2D eigenvalue weighted by atomic mass is 9.76. The predicted molar refractivity (Wildman–Crippen MR) is 178 cm³/mol. The van der Waals surface area contributed by atoms with E-state index in [1.54, 1.807) is 22.3 Å². The summed E-state index contributed by atoms with van der Waals surface area (Å²) in [5, 5.41) is 0.992. The van der Waals surface area contributed by atoms with Crippen molar-refractivity contribution in [2.45, 2.75) is 199 Å². The maximum atomic E-state index is 3.89. The second kappa shape index (κ2) is 23.4. The highest BCUT2D eigenvalue weighted by Gasteiger charge is 2.24. The lowest BCUT2D eigenvalue weighted by Gasteiger charge is -2.29. The van der Waals surface area contributed by atoms with Crippen LogP contribution >= 0.6 is 15.9 Å². The van der Waals surface area contributed by atoms with E-state index < -0.39 is 0 Å². The summed E-state index contributed by atoms with van der Waals surface area (Å²) in [5.41, 5.74) is 6.73. The molecule has 0 nitrogen and oxygen atoms in total. The molecule has 3 unspecified atom stereocenters. The van der Waals surface area contributed by atoms with Crippen LogP contribution in [-0.2, 0) is 5.33 Å². The van der Waals surface area contributed by atoms with Crippen molar-refractivity contribution >= 4 is 15.9 Å². The molecule has 1 rings (SSSR count). The molecule has 0 fully saturated rings. The molecule has 0 radical (unpaired) electrons. The van der Waals surface area contributed by atoms with E-state index >= 15 is 0 Å². The van der Waals surface area contributed by atoms with Gasteiger partial charge in [0.25, 0.3) is 0 Å². The van der Waals surface area contributed by atoms with Crippen LogP contribution in [0.2, 0.25) is 0 Å². The Labute approximate surface area is 249 Å². The molecular formula is C37H67Br. The molecule has 1 heteroatoms. The smallest absolute Gasteiger partial charge is 0.0285 e. The second-order valence-electron chi connectivity index (χ2n) is 12.6. The first-order valence-corrected chi connectivity index (χ1v) is 18.3. The predicted octanol–water partition coefficient (Wildman–Crippen LogP) is 14.1. The van der Waals surface area contributed by atoms with Crippen LogP contribution in [0.4, 0.5) is 0 Å². The first-order valence-electron chi connectivity index (χ1n) is 17.2. The minimum absolute atomic E-state index is 0.664. The fourth-order valence-electron chi connectivity index (χ4n) is 6.51. The van der Waals surface area contributed by atoms with Crippen LogP contribution in [-0.4, -0.2) is 0 Å². The van der Waals surface area contributed by atoms with E-state index in [2.05, 4.69) is 69.6 Å². The van der Waals surface area contributed by atoms with Gasteiger partial charge in [-0.3, -0.25) is 0 Å². The molecule has 1 aromatic rings. The van der Waals surface area contributed by atoms with Crippen molar-refractivity contribution in [1.82, 2.24) is 0 Å². The van der Waals surface area contributed by atoms with Crippen LogP contribution in [0.3, 0.4) is 0 Å². The Morgan fingerprint density at radius 2 is 0.842 bits per heavy atom. The fourth-order valence-corrected chi connectivity index (χ4v) is 7.00. The summed E-state index contributed by atoms with van der Waals surface area (Å²) in [4.78, 5) is 0. The number of unbranched alkanes of at least 4 members (excludes halogenated alkanes) is 15. The molecule has 0 aliphatic carbocycles. The van der Waals surface area contributed by atoms with Gasteiger partial charge in [-0.15, -0.1) is 0 Å². The highest BCUT2D eigenvalue weighted by Crippen LogP contribution is 2.41. The summed E-state index contributed by atoms with van der Waals surface area (Å²) in [7, 11) is 0. The maximum absolute atomic E-state index is 3.89. The van der Waals surface area contributed by atoms with Gasteiger partial charge in [-0.1, -0.05) is 185 Å². The van der Waals surface area contributed by atoms with E-state index in [0.717, 1.165) is 5.33 Å². The summed E-state index contributed by atoms with van der Waals surface area (Å²) >= 11 is 3.89. The Balaban J connectivity index is 3.03. The molecule has 0 heterocycles. The third-order valence-electron chi connectivity index (χ3n) is 9.04. The molecule has 0 aliphatic heterocycles. The molecule has 0 bridgehead atoms. The average Bonchev–Trinajstić information content (AvgIpc) is 2.93. The van der Waals surface area contributed by atoms with E-state index in [0.29, 0.717) is 17.8 Å². The van der Waals surface area contributed by atoms with Crippen LogP contribution in [0.15, 0.2) is 12.1 Å². The van der Waals surface area contributed by atoms with Crippen LogP contribution in [0.5, 0.6) is 0 Å². The zero-order valence-electron chi connectivity index (χ0n) is 26.8. The second-order valence-corrected chi connectivity index (χ2v) is 13.2. The van der Waals surface area contributed by atoms with E-state index in [9.17, 15) is 0 Å². The molecule has 0 saturated carbocycles. The van der Waals surface area contributed by atoms with Gasteiger partial charge in [0.15, 0.2) is 0 Å². The summed E-state index contributed by atoms with van der Waals surface area (Å²) < 4.78 is 0. The van der Waals surface area contributed by atoms with Crippen LogP contribution in [0, 0.1) is 0 Å². The largest absolute Gasteiger partial charge is 0.0876 e. The summed E-state index contributed by atoms with van der Waals surface area (Å²) in [6.45, 7) is 14.6.